The van der Waals surface area contributed by atoms with Crippen molar-refractivity contribution in [3.63, 3.8) is 0 Å². The molecule has 0 spiro atoms. The van der Waals surface area contributed by atoms with Crippen molar-refractivity contribution in [2.45, 2.75) is 32.2 Å². The van der Waals surface area contributed by atoms with Crippen molar-refractivity contribution in [2.24, 2.45) is 12.0 Å². The van der Waals surface area contributed by atoms with Gasteiger partial charge in [-0.05, 0) is 37.5 Å². The fourth-order valence-electron chi connectivity index (χ4n) is 3.52. The van der Waals surface area contributed by atoms with E-state index in [1.165, 1.54) is 5.56 Å². The summed E-state index contributed by atoms with van der Waals surface area (Å²) >= 11 is 0. The van der Waals surface area contributed by atoms with Crippen LogP contribution >= 0.6 is 24.0 Å². The molecule has 1 N–H and O–H groups in total. The van der Waals surface area contributed by atoms with Crippen LogP contribution in [0.25, 0.3) is 0 Å². The third-order valence-corrected chi connectivity index (χ3v) is 5.44. The van der Waals surface area contributed by atoms with Crippen LogP contribution in [0.3, 0.4) is 0 Å². The van der Waals surface area contributed by atoms with Gasteiger partial charge < -0.3 is 24.3 Å². The summed E-state index contributed by atoms with van der Waals surface area (Å²) in [6.45, 7) is 5.94. The minimum atomic E-state index is 0. The zero-order valence-electron chi connectivity index (χ0n) is 18.3. The molecule has 1 atom stereocenters. The Bertz CT molecular complexity index is 808. The van der Waals surface area contributed by atoms with Gasteiger partial charge in [0.2, 0.25) is 0 Å². The molecule has 2 heterocycles. The summed E-state index contributed by atoms with van der Waals surface area (Å²) in [5, 5.41) is 11.9. The molecule has 1 fully saturated rings. The first-order chi connectivity index (χ1) is 14.1. The smallest absolute Gasteiger partial charge is 0.194 e. The molecule has 8 nitrogen and oxygen atoms in total. The van der Waals surface area contributed by atoms with E-state index in [1.54, 1.807) is 14.2 Å². The average Bonchev–Trinajstić information content (AvgIpc) is 3.36. The Labute approximate surface area is 196 Å². The predicted octanol–water partition coefficient (Wildman–Crippen LogP) is 2.72. The third kappa shape index (κ3) is 6.31. The van der Waals surface area contributed by atoms with Crippen LogP contribution in [0.5, 0.6) is 5.75 Å². The van der Waals surface area contributed by atoms with Crippen molar-refractivity contribution in [3.8, 4) is 5.75 Å². The molecule has 0 bridgehead atoms. The topological polar surface area (TPSA) is 76.8 Å². The number of aliphatic imine (C=N–C) groups is 1. The van der Waals surface area contributed by atoms with Crippen molar-refractivity contribution in [1.29, 1.82) is 0 Å². The number of hydrogen-bond donors (Lipinski definition) is 1. The summed E-state index contributed by atoms with van der Waals surface area (Å²) in [7, 11) is 5.40. The zero-order valence-corrected chi connectivity index (χ0v) is 20.6. The Kier molecular flexibility index (Phi) is 9.83. The Morgan fingerprint density at radius 1 is 1.23 bits per heavy atom. The predicted molar refractivity (Wildman–Crippen MR) is 129 cm³/mol. The van der Waals surface area contributed by atoms with Crippen LogP contribution in [0, 0.1) is 6.92 Å². The first kappa shape index (κ1) is 24.4. The Balaban J connectivity index is 0.00000320. The van der Waals surface area contributed by atoms with Gasteiger partial charge in [0.15, 0.2) is 11.8 Å². The van der Waals surface area contributed by atoms with Crippen LogP contribution in [-0.4, -0.2) is 66.1 Å². The fourth-order valence-corrected chi connectivity index (χ4v) is 3.52. The van der Waals surface area contributed by atoms with Crippen LogP contribution in [0.4, 0.5) is 0 Å². The first-order valence-corrected chi connectivity index (χ1v) is 10.1. The number of halogens is 1. The molecule has 0 amide bonds. The number of rotatable bonds is 8. The number of aromatic nitrogens is 3. The maximum Gasteiger partial charge on any atom is 0.194 e. The van der Waals surface area contributed by atoms with Crippen LogP contribution in [-0.2, 0) is 18.3 Å². The Morgan fingerprint density at radius 3 is 2.63 bits per heavy atom. The highest BCUT2D eigenvalue weighted by Crippen LogP contribution is 2.28. The van der Waals surface area contributed by atoms with Crippen molar-refractivity contribution in [3.05, 3.63) is 41.5 Å². The number of aryl methyl sites for hydroxylation is 1. The molecule has 0 saturated carbocycles. The second-order valence-electron chi connectivity index (χ2n) is 7.34. The zero-order chi connectivity index (χ0) is 20.6. The molecular weight excluding hydrogens is 495 g/mol. The van der Waals surface area contributed by atoms with Gasteiger partial charge in [-0.3, -0.25) is 0 Å². The highest BCUT2D eigenvalue weighted by molar-refractivity contribution is 14.0. The van der Waals surface area contributed by atoms with Gasteiger partial charge in [0.25, 0.3) is 0 Å². The lowest BCUT2D eigenvalue weighted by atomic mass is 9.98. The molecule has 1 unspecified atom stereocenters. The van der Waals surface area contributed by atoms with Crippen molar-refractivity contribution < 1.29 is 9.47 Å². The van der Waals surface area contributed by atoms with E-state index in [4.69, 9.17) is 14.5 Å². The maximum absolute atomic E-state index is 5.28. The van der Waals surface area contributed by atoms with Crippen molar-refractivity contribution in [1.82, 2.24) is 25.0 Å². The summed E-state index contributed by atoms with van der Waals surface area (Å²) in [6, 6.07) is 8.40. The van der Waals surface area contributed by atoms with Gasteiger partial charge in [-0.25, -0.2) is 4.99 Å². The number of benzene rings is 1. The van der Waals surface area contributed by atoms with Gasteiger partial charge in [0, 0.05) is 46.3 Å². The second kappa shape index (κ2) is 12.1. The first-order valence-electron chi connectivity index (χ1n) is 10.1. The molecule has 0 aliphatic carbocycles. The summed E-state index contributed by atoms with van der Waals surface area (Å²) in [5.74, 6) is 4.07. The van der Waals surface area contributed by atoms with E-state index in [0.29, 0.717) is 12.5 Å². The minimum Gasteiger partial charge on any atom is -0.497 e. The van der Waals surface area contributed by atoms with Crippen LogP contribution in [0.1, 0.15) is 36.0 Å². The van der Waals surface area contributed by atoms with Crippen LogP contribution < -0.4 is 10.1 Å². The quantitative estimate of drug-likeness (QED) is 0.246. The molecule has 9 heteroatoms. The molecule has 1 aromatic carbocycles. The highest BCUT2D eigenvalue weighted by Gasteiger charge is 2.26. The number of nitrogens with one attached hydrogen (secondary N) is 1. The summed E-state index contributed by atoms with van der Waals surface area (Å²) in [6.07, 6.45) is 2.04. The Hall–Kier alpha value is -1.88. The molecule has 1 aromatic heterocycles. The normalized spacial score (nSPS) is 16.5. The van der Waals surface area contributed by atoms with Gasteiger partial charge in [0.05, 0.1) is 7.11 Å². The highest BCUT2D eigenvalue weighted by atomic mass is 127. The molecule has 1 aliphatic rings. The third-order valence-electron chi connectivity index (χ3n) is 5.44. The van der Waals surface area contributed by atoms with Gasteiger partial charge in [-0.2, -0.15) is 0 Å². The molecular formula is C21H33IN6O2. The van der Waals surface area contributed by atoms with E-state index in [2.05, 4.69) is 32.5 Å². The van der Waals surface area contributed by atoms with E-state index >= 15 is 0 Å². The van der Waals surface area contributed by atoms with Gasteiger partial charge in [-0.15, -0.1) is 34.2 Å². The molecule has 166 valence electrons. The molecule has 2 aromatic rings. The molecule has 3 rings (SSSR count). The number of likely N-dealkylation sites (tertiary alicyclic amines) is 1. The number of nitrogens with zero attached hydrogens (tertiary/aromatic N) is 5. The largest absolute Gasteiger partial charge is 0.497 e. The van der Waals surface area contributed by atoms with Crippen molar-refractivity contribution >= 4 is 29.9 Å². The number of hydrogen-bond acceptors (Lipinski definition) is 5. The van der Waals surface area contributed by atoms with E-state index in [0.717, 1.165) is 62.4 Å². The van der Waals surface area contributed by atoms with E-state index in [1.807, 2.05) is 30.7 Å². The van der Waals surface area contributed by atoms with Gasteiger partial charge in [0.1, 0.15) is 18.1 Å². The van der Waals surface area contributed by atoms with Crippen LogP contribution in [0.2, 0.25) is 0 Å². The van der Waals surface area contributed by atoms with E-state index in [-0.39, 0.29) is 24.0 Å². The molecule has 30 heavy (non-hydrogen) atoms. The lowest BCUT2D eigenvalue weighted by Crippen LogP contribution is -2.40. The average molecular weight is 528 g/mol. The van der Waals surface area contributed by atoms with E-state index in [9.17, 15) is 0 Å². The molecule has 0 radical (unpaired) electrons. The maximum atomic E-state index is 5.28. The fraction of sp³-hybridized carbons (Fsp3) is 0.571. The summed E-state index contributed by atoms with van der Waals surface area (Å²) in [4.78, 5) is 7.19. The molecule has 1 saturated heterocycles. The van der Waals surface area contributed by atoms with Crippen molar-refractivity contribution in [2.75, 3.05) is 40.5 Å². The lowest BCUT2D eigenvalue weighted by Gasteiger charge is -2.22. The number of methoxy groups -OCH3 is 2. The second-order valence-corrected chi connectivity index (χ2v) is 7.34. The van der Waals surface area contributed by atoms with Gasteiger partial charge in [-0.1, -0.05) is 12.1 Å². The summed E-state index contributed by atoms with van der Waals surface area (Å²) < 4.78 is 12.4. The minimum absolute atomic E-state index is 0. The monoisotopic (exact) mass is 528 g/mol. The standard InChI is InChI=1S/C21H32N6O2.HI/c1-16-24-25-20(26(16)2)14-23-21(22-11-5-13-28-3)27-12-10-18(15-27)17-6-8-19(29-4)9-7-17;/h6-9,18H,5,10-15H2,1-4H3,(H,22,23);1H. The van der Waals surface area contributed by atoms with E-state index < -0.39 is 0 Å². The Morgan fingerprint density at radius 2 is 2.00 bits per heavy atom. The number of ether oxygens (including phenoxy) is 2. The van der Waals surface area contributed by atoms with Gasteiger partial charge >= 0.3 is 0 Å². The number of guanidine groups is 1. The SMILES string of the molecule is COCCCNC(=NCc1nnc(C)n1C)N1CCC(c2ccc(OC)cc2)C1.I. The van der Waals surface area contributed by atoms with Crippen LogP contribution in [0.15, 0.2) is 29.3 Å². The molecule has 1 aliphatic heterocycles. The summed E-state index contributed by atoms with van der Waals surface area (Å²) in [5.41, 5.74) is 1.34. The lowest BCUT2D eigenvalue weighted by molar-refractivity contribution is 0.195.